The molecule has 1 aliphatic heterocycles. The molecule has 1 heterocycles. The predicted octanol–water partition coefficient (Wildman–Crippen LogP) is 2.43. The molecule has 3 rings (SSSR count). The molecule has 34 heavy (non-hydrogen) atoms. The van der Waals surface area contributed by atoms with Crippen LogP contribution >= 0.6 is 0 Å². The van der Waals surface area contributed by atoms with Gasteiger partial charge in [-0.3, -0.25) is 9.59 Å². The molecule has 1 saturated heterocycles. The summed E-state index contributed by atoms with van der Waals surface area (Å²) >= 11 is 0. The predicted molar refractivity (Wildman–Crippen MR) is 133 cm³/mol. The average Bonchev–Trinajstić information content (AvgIpc) is 2.78. The first-order valence-corrected chi connectivity index (χ1v) is 13.0. The topological polar surface area (TPSA) is 116 Å². The van der Waals surface area contributed by atoms with Crippen LogP contribution in [0.1, 0.15) is 39.2 Å². The third-order valence-electron chi connectivity index (χ3n) is 5.50. The molecule has 0 spiro atoms. The van der Waals surface area contributed by atoms with Crippen LogP contribution in [0, 0.1) is 5.92 Å². The molecule has 1 fully saturated rings. The van der Waals surface area contributed by atoms with Gasteiger partial charge in [-0.05, 0) is 76.5 Å². The molecule has 4 N–H and O–H groups in total. The van der Waals surface area contributed by atoms with Crippen molar-refractivity contribution in [3.63, 3.8) is 0 Å². The second kappa shape index (κ2) is 11.1. The number of carbonyl (C=O) groups is 2. The minimum Gasteiger partial charge on any atom is -0.344 e. The Balaban J connectivity index is 1.72. The fourth-order valence-electron chi connectivity index (χ4n) is 3.84. The van der Waals surface area contributed by atoms with Crippen molar-refractivity contribution in [1.82, 2.24) is 15.4 Å². The van der Waals surface area contributed by atoms with Gasteiger partial charge in [0.15, 0.2) is 0 Å². The van der Waals surface area contributed by atoms with Crippen molar-refractivity contribution in [2.45, 2.75) is 56.5 Å². The minimum absolute atomic E-state index is 0.112. The van der Waals surface area contributed by atoms with Crippen molar-refractivity contribution >= 4 is 27.5 Å². The lowest BCUT2D eigenvalue weighted by atomic mass is 9.96. The first-order valence-electron chi connectivity index (χ1n) is 11.5. The Morgan fingerprint density at radius 1 is 1.00 bits per heavy atom. The Morgan fingerprint density at radius 2 is 1.62 bits per heavy atom. The number of hydrogen-bond acceptors (Lipinski definition) is 5. The standard InChI is InChI=1S/C25H34N4O4S/c1-25(2,3)29-34(32,33)21-11-9-20(10-12-21)27-24(31)22(17-18-7-5-4-6-8-18)28-23(30)19-13-15-26-16-14-19/h4-12,19,22,26,29H,13-17H2,1-3H3,(H,27,31)(H,28,30)/t22-/m0/s1. The zero-order chi connectivity index (χ0) is 24.8. The number of hydrogen-bond donors (Lipinski definition) is 4. The summed E-state index contributed by atoms with van der Waals surface area (Å²) in [6.07, 6.45) is 1.83. The maximum absolute atomic E-state index is 13.1. The number of nitrogens with one attached hydrogen (secondary N) is 4. The summed E-state index contributed by atoms with van der Waals surface area (Å²) in [5.74, 6) is -0.589. The van der Waals surface area contributed by atoms with E-state index in [1.165, 1.54) is 12.1 Å². The van der Waals surface area contributed by atoms with Gasteiger partial charge in [-0.25, -0.2) is 13.1 Å². The Hall–Kier alpha value is -2.75. The van der Waals surface area contributed by atoms with Gasteiger partial charge in [0.05, 0.1) is 4.90 Å². The van der Waals surface area contributed by atoms with Gasteiger partial charge < -0.3 is 16.0 Å². The molecule has 2 aromatic rings. The van der Waals surface area contributed by atoms with Gasteiger partial charge in [0.25, 0.3) is 0 Å². The second-order valence-electron chi connectivity index (χ2n) is 9.64. The van der Waals surface area contributed by atoms with Crippen LogP contribution in [0.5, 0.6) is 0 Å². The van der Waals surface area contributed by atoms with E-state index in [1.54, 1.807) is 32.9 Å². The lowest BCUT2D eigenvalue weighted by Crippen LogP contribution is -2.48. The first-order chi connectivity index (χ1) is 16.0. The fraction of sp³-hybridized carbons (Fsp3) is 0.440. The van der Waals surface area contributed by atoms with E-state index in [1.807, 2.05) is 30.3 Å². The van der Waals surface area contributed by atoms with Crippen LogP contribution in [-0.4, -0.2) is 44.9 Å². The number of rotatable bonds is 8. The van der Waals surface area contributed by atoms with Gasteiger partial charge in [-0.15, -0.1) is 0 Å². The number of piperidine rings is 1. The van der Waals surface area contributed by atoms with Crippen molar-refractivity contribution < 1.29 is 18.0 Å². The van der Waals surface area contributed by atoms with Crippen LogP contribution < -0.4 is 20.7 Å². The summed E-state index contributed by atoms with van der Waals surface area (Å²) in [5.41, 5.74) is 0.778. The highest BCUT2D eigenvalue weighted by Crippen LogP contribution is 2.18. The van der Waals surface area contributed by atoms with Crippen molar-refractivity contribution in [1.29, 1.82) is 0 Å². The molecule has 2 amide bonds. The molecule has 0 aromatic heterocycles. The summed E-state index contributed by atoms with van der Waals surface area (Å²) in [6.45, 7) is 6.87. The molecular formula is C25H34N4O4S. The highest BCUT2D eigenvalue weighted by molar-refractivity contribution is 7.89. The SMILES string of the molecule is CC(C)(C)NS(=O)(=O)c1ccc(NC(=O)[C@H](Cc2ccccc2)NC(=O)C2CCNCC2)cc1. The van der Waals surface area contributed by atoms with Gasteiger partial charge in [-0.1, -0.05) is 30.3 Å². The minimum atomic E-state index is -3.67. The van der Waals surface area contributed by atoms with E-state index in [9.17, 15) is 18.0 Å². The van der Waals surface area contributed by atoms with E-state index in [4.69, 9.17) is 0 Å². The van der Waals surface area contributed by atoms with E-state index in [0.717, 1.165) is 31.5 Å². The summed E-state index contributed by atoms with van der Waals surface area (Å²) < 4.78 is 27.6. The highest BCUT2D eigenvalue weighted by Gasteiger charge is 2.27. The molecule has 2 aromatic carbocycles. The van der Waals surface area contributed by atoms with Crippen LogP contribution in [0.3, 0.4) is 0 Å². The summed E-state index contributed by atoms with van der Waals surface area (Å²) in [5, 5.41) is 8.99. The number of anilines is 1. The van der Waals surface area contributed by atoms with Gasteiger partial charge in [0.1, 0.15) is 6.04 Å². The maximum atomic E-state index is 13.1. The van der Waals surface area contributed by atoms with E-state index in [2.05, 4.69) is 20.7 Å². The summed E-state index contributed by atoms with van der Waals surface area (Å²) in [7, 11) is -3.67. The Bertz CT molecular complexity index is 1070. The van der Waals surface area contributed by atoms with Crippen molar-refractivity contribution in [2.75, 3.05) is 18.4 Å². The van der Waals surface area contributed by atoms with Crippen LogP contribution in [0.25, 0.3) is 0 Å². The molecule has 9 heteroatoms. The van der Waals surface area contributed by atoms with Gasteiger partial charge in [-0.2, -0.15) is 0 Å². The quantitative estimate of drug-likeness (QED) is 0.457. The molecule has 0 bridgehead atoms. The van der Waals surface area contributed by atoms with Crippen LogP contribution in [-0.2, 0) is 26.0 Å². The van der Waals surface area contributed by atoms with E-state index < -0.39 is 21.6 Å². The number of carbonyl (C=O) groups excluding carboxylic acids is 2. The molecule has 1 aliphatic rings. The maximum Gasteiger partial charge on any atom is 0.247 e. The van der Waals surface area contributed by atoms with Crippen LogP contribution in [0.2, 0.25) is 0 Å². The molecule has 0 aliphatic carbocycles. The lowest BCUT2D eigenvalue weighted by molar-refractivity contribution is -0.129. The zero-order valence-electron chi connectivity index (χ0n) is 19.9. The number of benzene rings is 2. The van der Waals surface area contributed by atoms with E-state index in [-0.39, 0.29) is 22.6 Å². The van der Waals surface area contributed by atoms with Crippen LogP contribution in [0.15, 0.2) is 59.5 Å². The Morgan fingerprint density at radius 3 is 2.21 bits per heavy atom. The molecule has 0 unspecified atom stereocenters. The van der Waals surface area contributed by atoms with Gasteiger partial charge >= 0.3 is 0 Å². The molecule has 184 valence electrons. The first kappa shape index (κ1) is 25.9. The van der Waals surface area contributed by atoms with E-state index in [0.29, 0.717) is 12.1 Å². The second-order valence-corrected chi connectivity index (χ2v) is 11.3. The third kappa shape index (κ3) is 7.65. The molecule has 8 nitrogen and oxygen atoms in total. The average molecular weight is 487 g/mol. The van der Waals surface area contributed by atoms with Crippen molar-refractivity contribution in [2.24, 2.45) is 5.92 Å². The Labute approximate surface area is 202 Å². The number of amides is 2. The largest absolute Gasteiger partial charge is 0.344 e. The van der Waals surface area contributed by atoms with Crippen LogP contribution in [0.4, 0.5) is 5.69 Å². The normalized spacial score (nSPS) is 16.0. The van der Waals surface area contributed by atoms with E-state index >= 15 is 0 Å². The summed E-state index contributed by atoms with van der Waals surface area (Å²) in [6, 6.07) is 14.7. The summed E-state index contributed by atoms with van der Waals surface area (Å²) in [4.78, 5) is 26.1. The smallest absolute Gasteiger partial charge is 0.247 e. The Kier molecular flexibility index (Phi) is 8.46. The monoisotopic (exact) mass is 486 g/mol. The van der Waals surface area contributed by atoms with Crippen molar-refractivity contribution in [3.8, 4) is 0 Å². The molecule has 0 saturated carbocycles. The lowest BCUT2D eigenvalue weighted by Gasteiger charge is -2.25. The van der Waals surface area contributed by atoms with Gasteiger partial charge in [0, 0.05) is 23.6 Å². The zero-order valence-corrected chi connectivity index (χ0v) is 20.7. The van der Waals surface area contributed by atoms with Crippen molar-refractivity contribution in [3.05, 3.63) is 60.2 Å². The molecule has 1 atom stereocenters. The number of sulfonamides is 1. The van der Waals surface area contributed by atoms with Gasteiger partial charge in [0.2, 0.25) is 21.8 Å². The fourth-order valence-corrected chi connectivity index (χ4v) is 5.26. The highest BCUT2D eigenvalue weighted by atomic mass is 32.2. The molecule has 0 radical (unpaired) electrons. The molecular weight excluding hydrogens is 452 g/mol. The third-order valence-corrected chi connectivity index (χ3v) is 7.27.